The lowest BCUT2D eigenvalue weighted by atomic mass is 9.88. The summed E-state index contributed by atoms with van der Waals surface area (Å²) in [4.78, 5) is 21.1. The minimum absolute atomic E-state index is 0.263. The van der Waals surface area contributed by atoms with Crippen molar-refractivity contribution in [2.24, 2.45) is 0 Å². The topological polar surface area (TPSA) is 56.7 Å². The SMILES string of the molecule is CO.Cc1ccc([C@@H]2CCN(C)C(=O)C2)c(CN2CCCC2)n1. The van der Waals surface area contributed by atoms with Gasteiger partial charge in [-0.15, -0.1) is 0 Å². The molecule has 23 heavy (non-hydrogen) atoms. The third-order valence-corrected chi connectivity index (χ3v) is 4.82. The van der Waals surface area contributed by atoms with E-state index in [1.807, 2.05) is 11.9 Å². The van der Waals surface area contributed by atoms with E-state index in [2.05, 4.69) is 24.0 Å². The molecule has 3 heterocycles. The molecule has 2 aliphatic rings. The first-order chi connectivity index (χ1) is 11.1. The summed E-state index contributed by atoms with van der Waals surface area (Å²) in [6, 6.07) is 4.29. The van der Waals surface area contributed by atoms with Crippen LogP contribution in [0.3, 0.4) is 0 Å². The molecule has 5 heteroatoms. The van der Waals surface area contributed by atoms with Crippen LogP contribution in [0.5, 0.6) is 0 Å². The van der Waals surface area contributed by atoms with E-state index in [4.69, 9.17) is 10.1 Å². The molecule has 0 aliphatic carbocycles. The van der Waals surface area contributed by atoms with Gasteiger partial charge < -0.3 is 10.0 Å². The average molecular weight is 319 g/mol. The van der Waals surface area contributed by atoms with Gasteiger partial charge in [0.05, 0.1) is 5.69 Å². The molecule has 3 rings (SSSR count). The number of hydrogen-bond donors (Lipinski definition) is 1. The summed E-state index contributed by atoms with van der Waals surface area (Å²) in [5.74, 6) is 0.610. The number of amides is 1. The first-order valence-electron chi connectivity index (χ1n) is 8.51. The number of aliphatic hydroxyl groups excluding tert-OH is 1. The predicted molar refractivity (Wildman–Crippen MR) is 91.2 cm³/mol. The Morgan fingerprint density at radius 1 is 1.22 bits per heavy atom. The predicted octanol–water partition coefficient (Wildman–Crippen LogP) is 1.93. The van der Waals surface area contributed by atoms with E-state index in [0.29, 0.717) is 12.3 Å². The molecule has 1 amide bonds. The first-order valence-corrected chi connectivity index (χ1v) is 8.51. The number of hydrogen-bond acceptors (Lipinski definition) is 4. The highest BCUT2D eigenvalue weighted by Gasteiger charge is 2.27. The van der Waals surface area contributed by atoms with Gasteiger partial charge in [0, 0.05) is 39.4 Å². The number of piperidine rings is 1. The number of carbonyl (C=O) groups excluding carboxylic acids is 1. The van der Waals surface area contributed by atoms with E-state index < -0.39 is 0 Å². The molecule has 5 nitrogen and oxygen atoms in total. The van der Waals surface area contributed by atoms with Crippen LogP contribution < -0.4 is 0 Å². The van der Waals surface area contributed by atoms with Crippen LogP contribution in [0.25, 0.3) is 0 Å². The highest BCUT2D eigenvalue weighted by molar-refractivity contribution is 5.77. The van der Waals surface area contributed by atoms with Crippen molar-refractivity contribution in [3.63, 3.8) is 0 Å². The van der Waals surface area contributed by atoms with Crippen LogP contribution in [0.1, 0.15) is 48.6 Å². The van der Waals surface area contributed by atoms with Crippen molar-refractivity contribution >= 4 is 5.91 Å². The highest BCUT2D eigenvalue weighted by atomic mass is 16.2. The number of carbonyl (C=O) groups is 1. The summed E-state index contributed by atoms with van der Waals surface area (Å²) in [6.45, 7) is 6.22. The van der Waals surface area contributed by atoms with Crippen LogP contribution in [-0.2, 0) is 11.3 Å². The van der Waals surface area contributed by atoms with Gasteiger partial charge in [0.15, 0.2) is 0 Å². The normalized spacial score (nSPS) is 22.0. The zero-order valence-electron chi connectivity index (χ0n) is 14.6. The summed E-state index contributed by atoms with van der Waals surface area (Å²) in [5.41, 5.74) is 3.57. The van der Waals surface area contributed by atoms with Crippen molar-refractivity contribution < 1.29 is 9.90 Å². The van der Waals surface area contributed by atoms with Crippen molar-refractivity contribution in [3.05, 3.63) is 29.1 Å². The van der Waals surface area contributed by atoms with Gasteiger partial charge in [-0.2, -0.15) is 0 Å². The van der Waals surface area contributed by atoms with Crippen LogP contribution in [0, 0.1) is 6.92 Å². The maximum atomic E-state index is 12.0. The zero-order valence-corrected chi connectivity index (χ0v) is 14.6. The molecule has 0 bridgehead atoms. The van der Waals surface area contributed by atoms with E-state index in [-0.39, 0.29) is 5.91 Å². The second kappa shape index (κ2) is 8.41. The summed E-state index contributed by atoms with van der Waals surface area (Å²) < 4.78 is 0. The van der Waals surface area contributed by atoms with Gasteiger partial charge in [-0.3, -0.25) is 14.7 Å². The molecule has 0 unspecified atom stereocenters. The van der Waals surface area contributed by atoms with Crippen LogP contribution in [0.4, 0.5) is 0 Å². The molecule has 0 saturated carbocycles. The van der Waals surface area contributed by atoms with Gasteiger partial charge >= 0.3 is 0 Å². The Labute approximate surface area is 139 Å². The molecular weight excluding hydrogens is 290 g/mol. The quantitative estimate of drug-likeness (QED) is 0.925. The summed E-state index contributed by atoms with van der Waals surface area (Å²) >= 11 is 0. The fraction of sp³-hybridized carbons (Fsp3) is 0.667. The molecular formula is C18H29N3O2. The molecule has 0 radical (unpaired) electrons. The second-order valence-electron chi connectivity index (χ2n) is 6.48. The number of aromatic nitrogens is 1. The number of aryl methyl sites for hydroxylation is 1. The highest BCUT2D eigenvalue weighted by Crippen LogP contribution is 2.31. The number of likely N-dealkylation sites (tertiary alicyclic amines) is 2. The van der Waals surface area contributed by atoms with Crippen LogP contribution in [0.15, 0.2) is 12.1 Å². The monoisotopic (exact) mass is 319 g/mol. The van der Waals surface area contributed by atoms with Gasteiger partial charge in [-0.05, 0) is 56.8 Å². The van der Waals surface area contributed by atoms with E-state index in [1.54, 1.807) is 0 Å². The van der Waals surface area contributed by atoms with Crippen molar-refractivity contribution in [1.82, 2.24) is 14.8 Å². The Balaban J connectivity index is 0.000000924. The minimum atomic E-state index is 0.263. The Hall–Kier alpha value is -1.46. The maximum Gasteiger partial charge on any atom is 0.222 e. The fourth-order valence-electron chi connectivity index (χ4n) is 3.48. The van der Waals surface area contributed by atoms with Gasteiger partial charge in [-0.25, -0.2) is 0 Å². The molecule has 2 aliphatic heterocycles. The Bertz CT molecular complexity index is 527. The van der Waals surface area contributed by atoms with Crippen molar-refractivity contribution in [3.8, 4) is 0 Å². The van der Waals surface area contributed by atoms with Gasteiger partial charge in [0.1, 0.15) is 0 Å². The first kappa shape index (κ1) is 17.9. The number of nitrogens with zero attached hydrogens (tertiary/aromatic N) is 3. The fourth-order valence-corrected chi connectivity index (χ4v) is 3.48. The number of aliphatic hydroxyl groups is 1. The molecule has 2 saturated heterocycles. The average Bonchev–Trinajstić information content (AvgIpc) is 3.05. The molecule has 1 N–H and O–H groups in total. The molecule has 1 aromatic rings. The molecule has 1 aromatic heterocycles. The smallest absolute Gasteiger partial charge is 0.222 e. The lowest BCUT2D eigenvalue weighted by Crippen LogP contribution is -2.35. The third kappa shape index (κ3) is 4.52. The van der Waals surface area contributed by atoms with E-state index >= 15 is 0 Å². The summed E-state index contributed by atoms with van der Waals surface area (Å²) in [7, 11) is 2.90. The molecule has 0 spiro atoms. The number of rotatable bonds is 3. The van der Waals surface area contributed by atoms with Crippen LogP contribution in [0.2, 0.25) is 0 Å². The molecule has 0 aromatic carbocycles. The molecule has 2 fully saturated rings. The van der Waals surface area contributed by atoms with Gasteiger partial charge in [0.25, 0.3) is 0 Å². The molecule has 128 valence electrons. The van der Waals surface area contributed by atoms with E-state index in [1.165, 1.54) is 37.2 Å². The zero-order chi connectivity index (χ0) is 16.8. The largest absolute Gasteiger partial charge is 0.400 e. The van der Waals surface area contributed by atoms with Crippen LogP contribution >= 0.6 is 0 Å². The lowest BCUT2D eigenvalue weighted by molar-refractivity contribution is -0.132. The third-order valence-electron chi connectivity index (χ3n) is 4.82. The van der Waals surface area contributed by atoms with Crippen molar-refractivity contribution in [1.29, 1.82) is 0 Å². The summed E-state index contributed by atoms with van der Waals surface area (Å²) in [6.07, 6.45) is 4.29. The molecule has 1 atom stereocenters. The summed E-state index contributed by atoms with van der Waals surface area (Å²) in [5, 5.41) is 7.00. The Kier molecular flexibility index (Phi) is 6.54. The lowest BCUT2D eigenvalue weighted by Gasteiger charge is -2.30. The van der Waals surface area contributed by atoms with Crippen molar-refractivity contribution in [2.75, 3.05) is 33.8 Å². The minimum Gasteiger partial charge on any atom is -0.400 e. The number of pyridine rings is 1. The van der Waals surface area contributed by atoms with Gasteiger partial charge in [-0.1, -0.05) is 6.07 Å². The van der Waals surface area contributed by atoms with Crippen LogP contribution in [-0.4, -0.2) is 59.6 Å². The van der Waals surface area contributed by atoms with E-state index in [0.717, 1.165) is 32.3 Å². The Morgan fingerprint density at radius 3 is 2.57 bits per heavy atom. The second-order valence-corrected chi connectivity index (χ2v) is 6.48. The standard InChI is InChI=1S/C17H25N3O.CH4O/c1-13-5-6-15(14-7-10-19(2)17(21)11-14)16(18-13)12-20-8-3-4-9-20;1-2/h5-6,14H,3-4,7-12H2,1-2H3;2H,1H3/t14-;/m1./s1. The van der Waals surface area contributed by atoms with Crippen molar-refractivity contribution in [2.45, 2.75) is 45.1 Å². The van der Waals surface area contributed by atoms with E-state index in [9.17, 15) is 4.79 Å². The Morgan fingerprint density at radius 2 is 1.91 bits per heavy atom. The maximum absolute atomic E-state index is 12.0. The van der Waals surface area contributed by atoms with Gasteiger partial charge in [0.2, 0.25) is 5.91 Å².